The van der Waals surface area contributed by atoms with E-state index in [2.05, 4.69) is 251 Å². The lowest BCUT2D eigenvalue weighted by Gasteiger charge is -2.26. The lowest BCUT2D eigenvalue weighted by molar-refractivity contribution is 1.14. The summed E-state index contributed by atoms with van der Waals surface area (Å²) in [6, 6.07) is 93.4. The highest BCUT2D eigenvalue weighted by Gasteiger charge is 2.33. The average molecular weight is 1050 g/mol. The number of rotatable bonds is 7. The van der Waals surface area contributed by atoms with Gasteiger partial charge in [0.05, 0.1) is 55.0 Å². The van der Waals surface area contributed by atoms with Crippen molar-refractivity contribution in [3.63, 3.8) is 0 Å². The molecule has 4 aromatic heterocycles. The second kappa shape index (κ2) is 18.1. The van der Waals surface area contributed by atoms with Crippen molar-refractivity contribution in [1.29, 1.82) is 5.26 Å². The molecule has 370 valence electrons. The largest absolute Gasteiger partial charge is 0.318 e. The van der Waals surface area contributed by atoms with Crippen LogP contribution in [0.2, 0.25) is 0 Å². The van der Waals surface area contributed by atoms with E-state index in [1.54, 1.807) is 11.3 Å². The molecule has 0 saturated heterocycles. The van der Waals surface area contributed by atoms with Crippen LogP contribution in [-0.2, 0) is 0 Å². The molecule has 0 unspecified atom stereocenters. The minimum atomic E-state index is 0.403. The minimum absolute atomic E-state index is 0.403. The molecule has 12 aromatic carbocycles. The maximum Gasteiger partial charge on any atom is 0.220 e. The van der Waals surface area contributed by atoms with E-state index >= 15 is 0 Å². The number of benzene rings is 12. The van der Waals surface area contributed by atoms with Gasteiger partial charge in [-0.15, -0.1) is 22.7 Å². The molecule has 0 radical (unpaired) electrons. The van der Waals surface area contributed by atoms with E-state index in [1.165, 1.54) is 25.7 Å². The summed E-state index contributed by atoms with van der Waals surface area (Å²) in [7, 11) is 0. The fraction of sp³-hybridized carbons (Fsp3) is 0. The van der Waals surface area contributed by atoms with Gasteiger partial charge in [0.15, 0.2) is 0 Å². The summed E-state index contributed by atoms with van der Waals surface area (Å²) in [5, 5.41) is 21.4. The van der Waals surface area contributed by atoms with E-state index in [9.17, 15) is 11.8 Å². The molecule has 0 fully saturated rings. The van der Waals surface area contributed by atoms with Crippen molar-refractivity contribution in [2.24, 2.45) is 0 Å². The number of nitrogens with zero attached hydrogens (tertiary/aromatic N) is 4. The highest BCUT2D eigenvalue weighted by atomic mass is 32.1. The third-order valence-electron chi connectivity index (χ3n) is 16.2. The van der Waals surface area contributed by atoms with E-state index in [-0.39, 0.29) is 0 Å². The number of aromatic nitrogens is 2. The highest BCUT2D eigenvalue weighted by Crippen LogP contribution is 2.55. The molecule has 0 aliphatic carbocycles. The molecule has 0 aliphatic heterocycles. The maximum absolute atomic E-state index is 12.4. The van der Waals surface area contributed by atoms with Crippen LogP contribution < -0.4 is 0 Å². The third kappa shape index (κ3) is 6.77. The Morgan fingerprint density at radius 3 is 1.38 bits per heavy atom. The first-order chi connectivity index (χ1) is 39.6. The van der Waals surface area contributed by atoms with Crippen LogP contribution in [0.25, 0.3) is 156 Å². The molecule has 80 heavy (non-hydrogen) atoms. The van der Waals surface area contributed by atoms with Crippen molar-refractivity contribution >= 4 is 112 Å². The summed E-state index contributed by atoms with van der Waals surface area (Å²) in [6.45, 7) is 9.55. The molecule has 16 rings (SSSR count). The van der Waals surface area contributed by atoms with Crippen molar-refractivity contribution in [1.82, 2.24) is 9.13 Å². The van der Waals surface area contributed by atoms with Gasteiger partial charge >= 0.3 is 0 Å². The quantitative estimate of drug-likeness (QED) is 0.147. The summed E-state index contributed by atoms with van der Waals surface area (Å²) in [6.07, 6.45) is 0. The number of fused-ring (bicyclic) bond motifs is 14. The van der Waals surface area contributed by atoms with Crippen LogP contribution in [-0.4, -0.2) is 9.13 Å². The van der Waals surface area contributed by atoms with E-state index < -0.39 is 0 Å². The van der Waals surface area contributed by atoms with Gasteiger partial charge in [0.1, 0.15) is 6.07 Å². The van der Waals surface area contributed by atoms with E-state index in [4.69, 9.17) is 0 Å². The van der Waals surface area contributed by atoms with Crippen molar-refractivity contribution in [3.8, 4) is 73.1 Å². The number of hydrogen-bond donors (Lipinski definition) is 0. The Hall–Kier alpha value is -10.3. The van der Waals surface area contributed by atoms with Crippen molar-refractivity contribution in [2.45, 2.75) is 0 Å². The summed E-state index contributed by atoms with van der Waals surface area (Å²) in [5.74, 6) is 0. The Bertz CT molecular complexity index is 5190. The Labute approximate surface area is 468 Å². The topological polar surface area (TPSA) is 38.0 Å². The molecule has 0 bridgehead atoms. The van der Waals surface area contributed by atoms with Crippen LogP contribution in [0.15, 0.2) is 255 Å². The summed E-state index contributed by atoms with van der Waals surface area (Å²) in [5.41, 5.74) is 16.1. The van der Waals surface area contributed by atoms with E-state index in [1.807, 2.05) is 35.6 Å². The zero-order chi connectivity index (χ0) is 53.0. The molecule has 0 aliphatic rings. The number of nitriles is 1. The molecule has 4 nitrogen and oxygen atoms in total. The zero-order valence-corrected chi connectivity index (χ0v) is 44.5. The molecule has 0 N–H and O–H groups in total. The summed E-state index contributed by atoms with van der Waals surface area (Å²) in [4.78, 5) is 4.66. The molecule has 0 saturated carbocycles. The van der Waals surface area contributed by atoms with Crippen LogP contribution in [0.5, 0.6) is 0 Å². The van der Waals surface area contributed by atoms with Gasteiger partial charge in [-0.3, -0.25) is 0 Å². The first-order valence-electron chi connectivity index (χ1n) is 26.8. The Kier molecular flexibility index (Phi) is 10.4. The van der Waals surface area contributed by atoms with Crippen molar-refractivity contribution < 1.29 is 0 Å². The lowest BCUT2D eigenvalue weighted by Crippen LogP contribution is -2.09. The van der Waals surface area contributed by atoms with Gasteiger partial charge < -0.3 is 9.13 Å². The maximum atomic E-state index is 12.4. The summed E-state index contributed by atoms with van der Waals surface area (Å²) < 4.78 is 9.47. The highest BCUT2D eigenvalue weighted by molar-refractivity contribution is 7.27. The smallest absolute Gasteiger partial charge is 0.220 e. The fourth-order valence-electron chi connectivity index (χ4n) is 12.7. The van der Waals surface area contributed by atoms with Crippen LogP contribution in [0.3, 0.4) is 0 Å². The van der Waals surface area contributed by atoms with Gasteiger partial charge in [0, 0.05) is 63.6 Å². The average Bonchev–Trinajstić information content (AvgIpc) is 4.34. The zero-order valence-electron chi connectivity index (χ0n) is 42.9. The van der Waals surface area contributed by atoms with Crippen molar-refractivity contribution in [2.75, 3.05) is 0 Å². The molecule has 0 spiro atoms. The van der Waals surface area contributed by atoms with Gasteiger partial charge in [0.25, 0.3) is 0 Å². The second-order valence-electron chi connectivity index (χ2n) is 20.4. The van der Waals surface area contributed by atoms with Gasteiger partial charge in [-0.2, -0.15) is 5.26 Å². The SMILES string of the molecule is [C-]#[N+]c1c(-c2ccccc2)c(C#N)c(-n2c3c(ccc4c5ccccc5sc43)c3ccc4c5cccc(-c6ccccc6)c5sc4c32)c(-c2ccccc2)c1-n1c2ccc(-c3ccccc3)cc2c2cc(-c3ccccc3)ccc21. The number of hydrogen-bond acceptors (Lipinski definition) is 3. The Balaban J connectivity index is 1.16. The van der Waals surface area contributed by atoms with Crippen LogP contribution in [0, 0.1) is 17.9 Å². The van der Waals surface area contributed by atoms with E-state index in [0.29, 0.717) is 22.5 Å². The normalized spacial score (nSPS) is 11.7. The lowest BCUT2D eigenvalue weighted by atomic mass is 9.88. The Morgan fingerprint density at radius 1 is 0.350 bits per heavy atom. The molecule has 16 aromatic rings. The monoisotopic (exact) mass is 1050 g/mol. The first kappa shape index (κ1) is 45.8. The van der Waals surface area contributed by atoms with Crippen molar-refractivity contribution in [3.05, 3.63) is 272 Å². The number of thiophene rings is 2. The first-order valence-corrected chi connectivity index (χ1v) is 28.4. The molecular weight excluding hydrogens is 1010 g/mol. The second-order valence-corrected chi connectivity index (χ2v) is 22.5. The van der Waals surface area contributed by atoms with Gasteiger partial charge in [-0.1, -0.05) is 224 Å². The molecule has 6 heteroatoms. The van der Waals surface area contributed by atoms with Gasteiger partial charge in [0.2, 0.25) is 5.69 Å². The predicted molar refractivity (Wildman–Crippen MR) is 339 cm³/mol. The van der Waals surface area contributed by atoms with Crippen LogP contribution >= 0.6 is 22.7 Å². The van der Waals surface area contributed by atoms with E-state index in [0.717, 1.165) is 114 Å². The van der Waals surface area contributed by atoms with Gasteiger partial charge in [-0.05, 0) is 74.8 Å². The van der Waals surface area contributed by atoms with Crippen LogP contribution in [0.1, 0.15) is 5.56 Å². The molecular formula is C74H42N4S2. The summed E-state index contributed by atoms with van der Waals surface area (Å²) >= 11 is 3.62. The predicted octanol–water partition coefficient (Wildman–Crippen LogP) is 21.4. The molecule has 0 amide bonds. The van der Waals surface area contributed by atoms with Gasteiger partial charge in [-0.25, -0.2) is 4.85 Å². The third-order valence-corrected chi connectivity index (χ3v) is 18.6. The van der Waals surface area contributed by atoms with Crippen LogP contribution in [0.4, 0.5) is 5.69 Å². The standard InChI is InChI=1S/C74H42N4S2/c1-76-67-65(48-26-13-5-14-27-48)61(44-75)68(66(49-28-15-6-16-29-49)71(67)77-62-40-34-50(45-20-7-2-8-21-45)42-59(62)60-43-51(35-41-63(60)77)46-22-9-3-10-23-46)78-69-54(36-38-57-53-30-17-18-33-64(53)79-73(57)69)55-37-39-58-56-32-19-31-52(47-24-11-4-12-25-47)72(56)80-74(58)70(55)78/h2-43H. The molecule has 4 heterocycles. The molecule has 0 atom stereocenters. The minimum Gasteiger partial charge on any atom is -0.318 e. The Morgan fingerprint density at radius 2 is 0.812 bits per heavy atom. The fourth-order valence-corrected chi connectivity index (χ4v) is 15.3.